The van der Waals surface area contributed by atoms with Gasteiger partial charge in [-0.05, 0) is 67.7 Å². The maximum atomic E-state index is 12.8. The highest BCUT2D eigenvalue weighted by Crippen LogP contribution is 2.24. The minimum atomic E-state index is -3.68. The van der Waals surface area contributed by atoms with E-state index >= 15 is 0 Å². The molecule has 1 aliphatic heterocycles. The summed E-state index contributed by atoms with van der Waals surface area (Å²) >= 11 is 6.22. The molecule has 0 aromatic heterocycles. The van der Waals surface area contributed by atoms with Gasteiger partial charge in [-0.25, -0.2) is 8.42 Å². The SMILES string of the molecule is CCN(CC)S(=O)(=O)c1ccc(Cl)c(C(=O)Nc2ccc(CN3CCC(C)CC3)cc2)c1. The molecule has 3 rings (SSSR count). The number of benzene rings is 2. The summed E-state index contributed by atoms with van der Waals surface area (Å²) in [7, 11) is -3.68. The van der Waals surface area contributed by atoms with Gasteiger partial charge in [0, 0.05) is 25.3 Å². The fourth-order valence-electron chi connectivity index (χ4n) is 3.92. The van der Waals surface area contributed by atoms with Crippen molar-refractivity contribution in [1.29, 1.82) is 0 Å². The number of nitrogens with one attached hydrogen (secondary N) is 1. The summed E-state index contributed by atoms with van der Waals surface area (Å²) in [5.41, 5.74) is 1.97. The molecule has 2 aromatic carbocycles. The normalized spacial score (nSPS) is 15.8. The van der Waals surface area contributed by atoms with E-state index in [4.69, 9.17) is 11.6 Å². The predicted octanol–water partition coefficient (Wildman–Crippen LogP) is 4.85. The molecule has 6 nitrogen and oxygen atoms in total. The smallest absolute Gasteiger partial charge is 0.257 e. The van der Waals surface area contributed by atoms with Crippen LogP contribution in [-0.2, 0) is 16.6 Å². The van der Waals surface area contributed by atoms with E-state index in [-0.39, 0.29) is 15.5 Å². The van der Waals surface area contributed by atoms with Crippen molar-refractivity contribution < 1.29 is 13.2 Å². The van der Waals surface area contributed by atoms with Crippen LogP contribution in [0.4, 0.5) is 5.69 Å². The summed E-state index contributed by atoms with van der Waals surface area (Å²) in [4.78, 5) is 15.4. The summed E-state index contributed by atoms with van der Waals surface area (Å²) in [6.07, 6.45) is 2.47. The molecule has 8 heteroatoms. The highest BCUT2D eigenvalue weighted by molar-refractivity contribution is 7.89. The average molecular weight is 478 g/mol. The van der Waals surface area contributed by atoms with Gasteiger partial charge in [-0.2, -0.15) is 4.31 Å². The summed E-state index contributed by atoms with van der Waals surface area (Å²) in [5.74, 6) is 0.362. The molecule has 0 aliphatic carbocycles. The van der Waals surface area contributed by atoms with Crippen molar-refractivity contribution in [3.05, 3.63) is 58.6 Å². The molecule has 0 atom stereocenters. The van der Waals surface area contributed by atoms with Gasteiger partial charge in [0.25, 0.3) is 5.91 Å². The fourth-order valence-corrected chi connectivity index (χ4v) is 5.61. The van der Waals surface area contributed by atoms with E-state index in [1.807, 2.05) is 24.3 Å². The second-order valence-corrected chi connectivity index (χ2v) is 10.7. The van der Waals surface area contributed by atoms with Crippen LogP contribution < -0.4 is 5.32 Å². The summed E-state index contributed by atoms with van der Waals surface area (Å²) in [5, 5.41) is 3.03. The van der Waals surface area contributed by atoms with Gasteiger partial charge in [-0.1, -0.05) is 44.5 Å². The topological polar surface area (TPSA) is 69.7 Å². The lowest BCUT2D eigenvalue weighted by molar-refractivity contribution is 0.102. The fraction of sp³-hybridized carbons (Fsp3) is 0.458. The monoisotopic (exact) mass is 477 g/mol. The van der Waals surface area contributed by atoms with E-state index < -0.39 is 15.9 Å². The lowest BCUT2D eigenvalue weighted by Crippen LogP contribution is -2.32. The standard InChI is InChI=1S/C24H32ClN3O3S/c1-4-28(5-2)32(30,31)21-10-11-23(25)22(16-21)24(29)26-20-8-6-19(7-9-20)17-27-14-12-18(3)13-15-27/h6-11,16,18H,4-5,12-15,17H2,1-3H3,(H,26,29). The number of sulfonamides is 1. The zero-order valence-corrected chi connectivity index (χ0v) is 20.5. The molecular formula is C24H32ClN3O3S. The van der Waals surface area contributed by atoms with Crippen LogP contribution in [0.1, 0.15) is 49.5 Å². The van der Waals surface area contributed by atoms with Gasteiger partial charge in [-0.3, -0.25) is 9.69 Å². The van der Waals surface area contributed by atoms with Crippen molar-refractivity contribution >= 4 is 33.2 Å². The van der Waals surface area contributed by atoms with Crippen LogP contribution in [0.5, 0.6) is 0 Å². The Bertz CT molecular complexity index is 1030. The molecule has 1 fully saturated rings. The van der Waals surface area contributed by atoms with Gasteiger partial charge < -0.3 is 5.32 Å². The molecule has 0 spiro atoms. The Kier molecular flexibility index (Phi) is 8.33. The third-order valence-corrected chi connectivity index (χ3v) is 8.40. The second kappa shape index (κ2) is 10.8. The van der Waals surface area contributed by atoms with E-state index in [0.717, 1.165) is 25.6 Å². The lowest BCUT2D eigenvalue weighted by atomic mass is 9.99. The Balaban J connectivity index is 1.70. The Morgan fingerprint density at radius 1 is 1.09 bits per heavy atom. The quantitative estimate of drug-likeness (QED) is 0.589. The number of piperidine rings is 1. The van der Waals surface area contributed by atoms with Crippen molar-refractivity contribution in [3.63, 3.8) is 0 Å². The number of halogens is 1. The molecule has 1 saturated heterocycles. The molecule has 32 heavy (non-hydrogen) atoms. The van der Waals surface area contributed by atoms with Gasteiger partial charge in [-0.15, -0.1) is 0 Å². The van der Waals surface area contributed by atoms with E-state index in [1.54, 1.807) is 13.8 Å². The molecular weight excluding hydrogens is 446 g/mol. The van der Waals surface area contributed by atoms with Gasteiger partial charge in [0.1, 0.15) is 0 Å². The first-order chi connectivity index (χ1) is 15.2. The molecule has 0 saturated carbocycles. The Morgan fingerprint density at radius 3 is 2.31 bits per heavy atom. The first-order valence-electron chi connectivity index (χ1n) is 11.2. The number of hydrogen-bond donors (Lipinski definition) is 1. The number of rotatable bonds is 8. The molecule has 1 N–H and O–H groups in total. The van der Waals surface area contributed by atoms with Gasteiger partial charge >= 0.3 is 0 Å². The number of carbonyl (C=O) groups excluding carboxylic acids is 1. The van der Waals surface area contributed by atoms with Crippen molar-refractivity contribution in [2.75, 3.05) is 31.5 Å². The maximum absolute atomic E-state index is 12.8. The molecule has 174 valence electrons. The number of likely N-dealkylation sites (tertiary alicyclic amines) is 1. The third kappa shape index (κ3) is 5.90. The largest absolute Gasteiger partial charge is 0.322 e. The van der Waals surface area contributed by atoms with Gasteiger partial charge in [0.05, 0.1) is 15.5 Å². The number of nitrogens with zero attached hydrogens (tertiary/aromatic N) is 2. The minimum Gasteiger partial charge on any atom is -0.322 e. The van der Waals surface area contributed by atoms with Crippen LogP contribution in [0.3, 0.4) is 0 Å². The highest BCUT2D eigenvalue weighted by atomic mass is 35.5. The molecule has 0 bridgehead atoms. The Labute approximate surface area is 196 Å². The van der Waals surface area contributed by atoms with E-state index in [0.29, 0.717) is 18.8 Å². The van der Waals surface area contributed by atoms with Crippen LogP contribution >= 0.6 is 11.6 Å². The van der Waals surface area contributed by atoms with Crippen LogP contribution in [0, 0.1) is 5.92 Å². The first-order valence-corrected chi connectivity index (χ1v) is 13.0. The number of carbonyl (C=O) groups is 1. The Hall–Kier alpha value is -1.93. The third-order valence-electron chi connectivity index (χ3n) is 6.02. The molecule has 1 amide bonds. The molecule has 2 aromatic rings. The van der Waals surface area contributed by atoms with Crippen molar-refractivity contribution in [3.8, 4) is 0 Å². The van der Waals surface area contributed by atoms with Crippen molar-refractivity contribution in [2.24, 2.45) is 5.92 Å². The van der Waals surface area contributed by atoms with Crippen LogP contribution in [0.2, 0.25) is 5.02 Å². The lowest BCUT2D eigenvalue weighted by Gasteiger charge is -2.30. The predicted molar refractivity (Wildman–Crippen MR) is 130 cm³/mol. The number of hydrogen-bond acceptors (Lipinski definition) is 4. The molecule has 1 heterocycles. The molecule has 1 aliphatic rings. The van der Waals surface area contributed by atoms with Crippen LogP contribution in [0.15, 0.2) is 47.4 Å². The van der Waals surface area contributed by atoms with Gasteiger partial charge in [0.15, 0.2) is 0 Å². The zero-order chi connectivity index (χ0) is 23.3. The van der Waals surface area contributed by atoms with Crippen molar-refractivity contribution in [1.82, 2.24) is 9.21 Å². The minimum absolute atomic E-state index is 0.0574. The van der Waals surface area contributed by atoms with Gasteiger partial charge in [0.2, 0.25) is 10.0 Å². The number of amides is 1. The Morgan fingerprint density at radius 2 is 1.72 bits per heavy atom. The highest BCUT2D eigenvalue weighted by Gasteiger charge is 2.24. The van der Waals surface area contributed by atoms with E-state index in [2.05, 4.69) is 17.1 Å². The number of anilines is 1. The summed E-state index contributed by atoms with van der Waals surface area (Å²) in [6, 6.07) is 12.0. The zero-order valence-electron chi connectivity index (χ0n) is 19.0. The van der Waals surface area contributed by atoms with Crippen LogP contribution in [-0.4, -0.2) is 49.7 Å². The molecule has 0 unspecified atom stereocenters. The summed E-state index contributed by atoms with van der Waals surface area (Å²) < 4.78 is 27.0. The molecule has 0 radical (unpaired) electrons. The first kappa shape index (κ1) is 24.7. The van der Waals surface area contributed by atoms with Crippen LogP contribution in [0.25, 0.3) is 0 Å². The van der Waals surface area contributed by atoms with E-state index in [9.17, 15) is 13.2 Å². The second-order valence-electron chi connectivity index (χ2n) is 8.34. The van der Waals surface area contributed by atoms with Crippen molar-refractivity contribution in [2.45, 2.75) is 45.1 Å². The summed E-state index contributed by atoms with van der Waals surface area (Å²) in [6.45, 7) is 9.70. The van der Waals surface area contributed by atoms with E-state index in [1.165, 1.54) is 40.9 Å². The maximum Gasteiger partial charge on any atom is 0.257 e. The average Bonchev–Trinajstić information content (AvgIpc) is 2.77.